The number of halogens is 1. The number of hydrogen-bond acceptors (Lipinski definition) is 4. The zero-order valence-corrected chi connectivity index (χ0v) is 17.4. The SMILES string of the molecule is Cc1ccc(Cl)cc1NC(=O)[C@@H]1CCCN1S(=O)(=O)c1cccc2cccnc12. The van der Waals surface area contributed by atoms with Crippen LogP contribution < -0.4 is 5.32 Å². The highest BCUT2D eigenvalue weighted by molar-refractivity contribution is 7.89. The standard InChI is InChI=1S/C21H20ClN3O3S/c1-14-9-10-16(22)13-17(14)24-21(26)18-7-4-12-25(18)29(27,28)19-8-2-5-15-6-3-11-23-20(15)19/h2-3,5-6,8-11,13,18H,4,7,12H2,1H3,(H,24,26)/t18-/m0/s1. The maximum Gasteiger partial charge on any atom is 0.245 e. The first-order chi connectivity index (χ1) is 13.9. The fourth-order valence-corrected chi connectivity index (χ4v) is 5.64. The quantitative estimate of drug-likeness (QED) is 0.680. The molecule has 3 aromatic rings. The number of sulfonamides is 1. The zero-order chi connectivity index (χ0) is 20.6. The zero-order valence-electron chi connectivity index (χ0n) is 15.8. The van der Waals surface area contributed by atoms with Gasteiger partial charge in [-0.1, -0.05) is 35.9 Å². The first kappa shape index (κ1) is 19.8. The summed E-state index contributed by atoms with van der Waals surface area (Å²) in [7, 11) is -3.89. The number of para-hydroxylation sites is 1. The number of aromatic nitrogens is 1. The molecule has 0 spiro atoms. The van der Waals surface area contributed by atoms with Gasteiger partial charge in [0.15, 0.2) is 0 Å². The highest BCUT2D eigenvalue weighted by atomic mass is 35.5. The Morgan fingerprint density at radius 1 is 1.21 bits per heavy atom. The lowest BCUT2D eigenvalue weighted by molar-refractivity contribution is -0.119. The van der Waals surface area contributed by atoms with Crippen molar-refractivity contribution in [1.82, 2.24) is 9.29 Å². The maximum absolute atomic E-state index is 13.4. The van der Waals surface area contributed by atoms with E-state index in [9.17, 15) is 13.2 Å². The van der Waals surface area contributed by atoms with Gasteiger partial charge in [0.2, 0.25) is 15.9 Å². The first-order valence-corrected chi connectivity index (χ1v) is 11.1. The number of rotatable bonds is 4. The highest BCUT2D eigenvalue weighted by Gasteiger charge is 2.40. The second-order valence-corrected chi connectivity index (χ2v) is 9.35. The van der Waals surface area contributed by atoms with Gasteiger partial charge in [0.1, 0.15) is 10.9 Å². The van der Waals surface area contributed by atoms with Gasteiger partial charge in [-0.2, -0.15) is 4.31 Å². The van der Waals surface area contributed by atoms with E-state index in [1.54, 1.807) is 36.5 Å². The Kier molecular flexibility index (Phi) is 5.29. The monoisotopic (exact) mass is 429 g/mol. The summed E-state index contributed by atoms with van der Waals surface area (Å²) in [6.45, 7) is 2.15. The normalized spacial score (nSPS) is 17.5. The predicted molar refractivity (Wildman–Crippen MR) is 113 cm³/mol. The number of anilines is 1. The van der Waals surface area contributed by atoms with Crippen molar-refractivity contribution in [3.8, 4) is 0 Å². The average molecular weight is 430 g/mol. The summed E-state index contributed by atoms with van der Waals surface area (Å²) in [4.78, 5) is 17.3. The molecule has 2 heterocycles. The van der Waals surface area contributed by atoms with E-state index >= 15 is 0 Å². The van der Waals surface area contributed by atoms with Gasteiger partial charge in [-0.15, -0.1) is 0 Å². The van der Waals surface area contributed by atoms with Crippen molar-refractivity contribution in [3.05, 3.63) is 65.3 Å². The van der Waals surface area contributed by atoms with E-state index in [-0.39, 0.29) is 17.3 Å². The van der Waals surface area contributed by atoms with E-state index in [1.807, 2.05) is 25.1 Å². The van der Waals surface area contributed by atoms with Gasteiger partial charge in [-0.05, 0) is 49.6 Å². The van der Waals surface area contributed by atoms with E-state index in [0.29, 0.717) is 29.1 Å². The third-order valence-corrected chi connectivity index (χ3v) is 7.32. The Morgan fingerprint density at radius 3 is 2.83 bits per heavy atom. The molecule has 8 heteroatoms. The molecule has 0 aliphatic carbocycles. The molecule has 6 nitrogen and oxygen atoms in total. The van der Waals surface area contributed by atoms with Crippen molar-refractivity contribution in [2.75, 3.05) is 11.9 Å². The predicted octanol–water partition coefficient (Wildman–Crippen LogP) is 3.99. The van der Waals surface area contributed by atoms with Crippen LogP contribution in [-0.2, 0) is 14.8 Å². The number of amides is 1. The summed E-state index contributed by atoms with van der Waals surface area (Å²) in [6, 6.07) is 13.1. The Bertz CT molecular complexity index is 1190. The molecule has 1 aliphatic rings. The van der Waals surface area contributed by atoms with Gasteiger partial charge in [0.05, 0.1) is 5.52 Å². The number of aryl methyl sites for hydroxylation is 1. The Morgan fingerprint density at radius 2 is 2.00 bits per heavy atom. The first-order valence-electron chi connectivity index (χ1n) is 9.30. The number of fused-ring (bicyclic) bond motifs is 1. The number of carbonyl (C=O) groups is 1. The summed E-state index contributed by atoms with van der Waals surface area (Å²) >= 11 is 6.03. The third kappa shape index (κ3) is 3.73. The second-order valence-electron chi connectivity index (χ2n) is 7.05. The molecule has 4 rings (SSSR count). The van der Waals surface area contributed by atoms with Crippen LogP contribution in [0.3, 0.4) is 0 Å². The molecule has 1 aromatic heterocycles. The Balaban J connectivity index is 1.67. The van der Waals surface area contributed by atoms with Gasteiger partial charge in [-0.25, -0.2) is 8.42 Å². The van der Waals surface area contributed by atoms with Crippen molar-refractivity contribution in [2.45, 2.75) is 30.7 Å². The highest BCUT2D eigenvalue weighted by Crippen LogP contribution is 2.30. The van der Waals surface area contributed by atoms with Crippen molar-refractivity contribution in [1.29, 1.82) is 0 Å². The molecule has 29 heavy (non-hydrogen) atoms. The van der Waals surface area contributed by atoms with Crippen LogP contribution in [-0.4, -0.2) is 36.2 Å². The molecule has 150 valence electrons. The molecule has 0 unspecified atom stereocenters. The summed E-state index contributed by atoms with van der Waals surface area (Å²) in [6.07, 6.45) is 2.64. The number of benzene rings is 2. The van der Waals surface area contributed by atoms with E-state index in [4.69, 9.17) is 11.6 Å². The lowest BCUT2D eigenvalue weighted by Gasteiger charge is -2.24. The summed E-state index contributed by atoms with van der Waals surface area (Å²) < 4.78 is 28.1. The van der Waals surface area contributed by atoms with Gasteiger partial charge >= 0.3 is 0 Å². The molecule has 1 N–H and O–H groups in total. The average Bonchev–Trinajstić information content (AvgIpc) is 3.21. The van der Waals surface area contributed by atoms with Crippen molar-refractivity contribution >= 4 is 44.1 Å². The lowest BCUT2D eigenvalue weighted by Crippen LogP contribution is -2.43. The van der Waals surface area contributed by atoms with Crippen LogP contribution in [0.25, 0.3) is 10.9 Å². The Hall–Kier alpha value is -2.48. The van der Waals surface area contributed by atoms with Crippen LogP contribution in [0, 0.1) is 6.92 Å². The van der Waals surface area contributed by atoms with Gasteiger partial charge in [0.25, 0.3) is 0 Å². The number of nitrogens with zero attached hydrogens (tertiary/aromatic N) is 2. The molecule has 2 aromatic carbocycles. The smallest absolute Gasteiger partial charge is 0.245 e. The molecular formula is C21H20ClN3O3S. The summed E-state index contributed by atoms with van der Waals surface area (Å²) in [5, 5.41) is 4.08. The molecule has 0 radical (unpaired) electrons. The number of carbonyl (C=O) groups excluding carboxylic acids is 1. The molecule has 1 amide bonds. The summed E-state index contributed by atoms with van der Waals surface area (Å²) in [5.74, 6) is -0.357. The van der Waals surface area contributed by atoms with Crippen LogP contribution in [0.4, 0.5) is 5.69 Å². The fraction of sp³-hybridized carbons (Fsp3) is 0.238. The van der Waals surface area contributed by atoms with Gasteiger partial charge in [-0.3, -0.25) is 9.78 Å². The van der Waals surface area contributed by atoms with Crippen LogP contribution in [0.2, 0.25) is 5.02 Å². The molecule has 1 fully saturated rings. The van der Waals surface area contributed by atoms with Gasteiger partial charge < -0.3 is 5.32 Å². The number of nitrogens with one attached hydrogen (secondary N) is 1. The molecule has 1 atom stereocenters. The molecular weight excluding hydrogens is 410 g/mol. The number of hydrogen-bond donors (Lipinski definition) is 1. The second kappa shape index (κ2) is 7.74. The topological polar surface area (TPSA) is 79.4 Å². The molecule has 1 saturated heterocycles. The van der Waals surface area contributed by atoms with E-state index in [2.05, 4.69) is 10.3 Å². The maximum atomic E-state index is 13.4. The van der Waals surface area contributed by atoms with Crippen LogP contribution >= 0.6 is 11.6 Å². The van der Waals surface area contributed by atoms with E-state index in [0.717, 1.165) is 10.9 Å². The van der Waals surface area contributed by atoms with Crippen molar-refractivity contribution < 1.29 is 13.2 Å². The summed E-state index contributed by atoms with van der Waals surface area (Å²) in [5.41, 5.74) is 1.85. The van der Waals surface area contributed by atoms with Crippen LogP contribution in [0.5, 0.6) is 0 Å². The van der Waals surface area contributed by atoms with Crippen molar-refractivity contribution in [3.63, 3.8) is 0 Å². The molecule has 0 saturated carbocycles. The number of pyridine rings is 1. The fourth-order valence-electron chi connectivity index (χ4n) is 3.65. The molecule has 1 aliphatic heterocycles. The van der Waals surface area contributed by atoms with Gasteiger partial charge in [0, 0.05) is 28.8 Å². The van der Waals surface area contributed by atoms with Crippen LogP contribution in [0.1, 0.15) is 18.4 Å². The van der Waals surface area contributed by atoms with E-state index in [1.165, 1.54) is 4.31 Å². The largest absolute Gasteiger partial charge is 0.324 e. The van der Waals surface area contributed by atoms with Crippen LogP contribution in [0.15, 0.2) is 59.6 Å². The lowest BCUT2D eigenvalue weighted by atomic mass is 10.1. The minimum Gasteiger partial charge on any atom is -0.324 e. The minimum absolute atomic E-state index is 0.120. The molecule has 0 bridgehead atoms. The third-order valence-electron chi connectivity index (χ3n) is 5.15. The Labute approximate surface area is 174 Å². The van der Waals surface area contributed by atoms with Crippen molar-refractivity contribution in [2.24, 2.45) is 0 Å². The minimum atomic E-state index is -3.89. The van der Waals surface area contributed by atoms with E-state index < -0.39 is 16.1 Å².